The average Bonchev–Trinajstić information content (AvgIpc) is 2.94. The van der Waals surface area contributed by atoms with Gasteiger partial charge < -0.3 is 16.0 Å². The van der Waals surface area contributed by atoms with Gasteiger partial charge in [0.2, 0.25) is 5.91 Å². The molecule has 0 saturated carbocycles. The summed E-state index contributed by atoms with van der Waals surface area (Å²) in [6.07, 6.45) is 2.64. The second-order valence-corrected chi connectivity index (χ2v) is 5.09. The largest absolute Gasteiger partial charge is 0.365 e. The van der Waals surface area contributed by atoms with Crippen LogP contribution in [0.1, 0.15) is 19.8 Å². The number of anilines is 1. The molecule has 1 amide bonds. The zero-order valence-corrected chi connectivity index (χ0v) is 14.3. The molecule has 0 aliphatic carbocycles. The van der Waals surface area contributed by atoms with Gasteiger partial charge in [-0.2, -0.15) is 0 Å². The van der Waals surface area contributed by atoms with E-state index in [9.17, 15) is 14.9 Å². The van der Waals surface area contributed by atoms with Crippen molar-refractivity contribution in [2.75, 3.05) is 18.4 Å². The van der Waals surface area contributed by atoms with Crippen LogP contribution in [0.3, 0.4) is 0 Å². The number of amides is 1. The van der Waals surface area contributed by atoms with Gasteiger partial charge in [-0.05, 0) is 18.9 Å². The molecule has 1 unspecified atom stereocenters. The summed E-state index contributed by atoms with van der Waals surface area (Å²) in [5.74, 6) is 0.540. The summed E-state index contributed by atoms with van der Waals surface area (Å²) in [4.78, 5) is 27.8. The van der Waals surface area contributed by atoms with Crippen LogP contribution in [0, 0.1) is 10.1 Å². The van der Waals surface area contributed by atoms with Crippen molar-refractivity contribution in [3.63, 3.8) is 0 Å². The predicted octanol–water partition coefficient (Wildman–Crippen LogP) is 1.58. The third kappa shape index (κ3) is 5.49. The van der Waals surface area contributed by atoms with E-state index in [0.717, 1.165) is 6.42 Å². The molecule has 1 saturated heterocycles. The highest BCUT2D eigenvalue weighted by molar-refractivity contribution is 5.85. The van der Waals surface area contributed by atoms with Crippen LogP contribution in [-0.2, 0) is 4.79 Å². The molecule has 1 aliphatic rings. The van der Waals surface area contributed by atoms with Crippen molar-refractivity contribution in [3.8, 4) is 0 Å². The van der Waals surface area contributed by atoms with Gasteiger partial charge >= 0.3 is 0 Å². The topological polar surface area (TPSA) is 114 Å². The van der Waals surface area contributed by atoms with Gasteiger partial charge in [-0.3, -0.25) is 14.9 Å². The monoisotopic (exact) mass is 365 g/mol. The van der Waals surface area contributed by atoms with Crippen LogP contribution >= 0.6 is 24.8 Å². The first kappa shape index (κ1) is 21.4. The maximum atomic E-state index is 12.0. The summed E-state index contributed by atoms with van der Waals surface area (Å²) in [6.45, 7) is 3.12. The summed E-state index contributed by atoms with van der Waals surface area (Å²) < 4.78 is 0. The molecule has 1 aromatic heterocycles. The standard InChI is InChI=1S/C13H19N5O3.2ClH/c1-2-11(14)13(19)17-6-5-9(8-17)16-12-4-3-10(7-15-12)18(20)21;;/h3-4,7,9,11H,2,5-6,8,14H2,1H3,(H,15,16);2*1H/t9?,11-;;/m0../s1. The van der Waals surface area contributed by atoms with Crippen molar-refractivity contribution in [3.05, 3.63) is 28.4 Å². The number of hydrogen-bond donors (Lipinski definition) is 2. The first-order valence-corrected chi connectivity index (χ1v) is 6.92. The lowest BCUT2D eigenvalue weighted by molar-refractivity contribution is -0.385. The highest BCUT2D eigenvalue weighted by atomic mass is 35.5. The lowest BCUT2D eigenvalue weighted by atomic mass is 10.2. The number of pyridine rings is 1. The Balaban J connectivity index is 0.00000242. The smallest absolute Gasteiger partial charge is 0.287 e. The molecule has 8 nitrogen and oxygen atoms in total. The fourth-order valence-electron chi connectivity index (χ4n) is 2.28. The maximum absolute atomic E-state index is 12.0. The van der Waals surface area contributed by atoms with Crippen molar-refractivity contribution >= 4 is 42.2 Å². The molecule has 0 spiro atoms. The summed E-state index contributed by atoms with van der Waals surface area (Å²) in [5.41, 5.74) is 5.71. The van der Waals surface area contributed by atoms with Crippen LogP contribution < -0.4 is 11.1 Å². The molecule has 0 radical (unpaired) electrons. The van der Waals surface area contributed by atoms with Gasteiger partial charge in [-0.25, -0.2) is 4.98 Å². The molecule has 0 bridgehead atoms. The van der Waals surface area contributed by atoms with E-state index in [4.69, 9.17) is 5.73 Å². The van der Waals surface area contributed by atoms with Gasteiger partial charge in [0, 0.05) is 25.2 Å². The first-order valence-electron chi connectivity index (χ1n) is 6.92. The number of aromatic nitrogens is 1. The maximum Gasteiger partial charge on any atom is 0.287 e. The molecule has 0 aromatic carbocycles. The van der Waals surface area contributed by atoms with Crippen molar-refractivity contribution < 1.29 is 9.72 Å². The van der Waals surface area contributed by atoms with Gasteiger partial charge in [0.1, 0.15) is 12.0 Å². The van der Waals surface area contributed by atoms with Crippen molar-refractivity contribution in [2.45, 2.75) is 31.8 Å². The van der Waals surface area contributed by atoms with Crippen molar-refractivity contribution in [2.24, 2.45) is 5.73 Å². The van der Waals surface area contributed by atoms with Crippen LogP contribution in [0.2, 0.25) is 0 Å². The normalized spacial score (nSPS) is 17.7. The van der Waals surface area contributed by atoms with Crippen LogP contribution in [0.4, 0.5) is 11.5 Å². The predicted molar refractivity (Wildman–Crippen MR) is 92.3 cm³/mol. The quantitative estimate of drug-likeness (QED) is 0.604. The Morgan fingerprint density at radius 3 is 2.78 bits per heavy atom. The van der Waals surface area contributed by atoms with E-state index in [2.05, 4.69) is 10.3 Å². The molecule has 130 valence electrons. The summed E-state index contributed by atoms with van der Waals surface area (Å²) >= 11 is 0. The van der Waals surface area contributed by atoms with Gasteiger partial charge in [-0.15, -0.1) is 24.8 Å². The molecule has 3 N–H and O–H groups in total. The van der Waals surface area contributed by atoms with E-state index < -0.39 is 11.0 Å². The fourth-order valence-corrected chi connectivity index (χ4v) is 2.28. The molecule has 1 aromatic rings. The van der Waals surface area contributed by atoms with Crippen LogP contribution in [0.5, 0.6) is 0 Å². The third-order valence-electron chi connectivity index (χ3n) is 3.57. The number of nitrogens with one attached hydrogen (secondary N) is 1. The second-order valence-electron chi connectivity index (χ2n) is 5.09. The lowest BCUT2D eigenvalue weighted by Crippen LogP contribution is -2.43. The Morgan fingerprint density at radius 1 is 1.57 bits per heavy atom. The Hall–Kier alpha value is -1.64. The molecular weight excluding hydrogens is 345 g/mol. The van der Waals surface area contributed by atoms with Crippen LogP contribution in [0.15, 0.2) is 18.3 Å². The van der Waals surface area contributed by atoms with E-state index >= 15 is 0 Å². The minimum Gasteiger partial charge on any atom is -0.365 e. The molecular formula is C13H21Cl2N5O3. The van der Waals surface area contributed by atoms with E-state index in [1.807, 2.05) is 6.92 Å². The molecule has 23 heavy (non-hydrogen) atoms. The number of nitro groups is 1. The Labute approximate surface area is 146 Å². The van der Waals surface area contributed by atoms with E-state index in [1.54, 1.807) is 11.0 Å². The molecule has 2 heterocycles. The highest BCUT2D eigenvalue weighted by Crippen LogP contribution is 2.17. The minimum atomic E-state index is -0.487. The fraction of sp³-hybridized carbons (Fsp3) is 0.538. The van der Waals surface area contributed by atoms with E-state index in [0.29, 0.717) is 25.3 Å². The number of likely N-dealkylation sites (tertiary alicyclic amines) is 1. The summed E-state index contributed by atoms with van der Waals surface area (Å²) in [7, 11) is 0. The lowest BCUT2D eigenvalue weighted by Gasteiger charge is -2.20. The molecule has 10 heteroatoms. The number of carbonyl (C=O) groups is 1. The number of nitrogens with zero attached hydrogens (tertiary/aromatic N) is 3. The number of carbonyl (C=O) groups excluding carboxylic acids is 1. The van der Waals surface area contributed by atoms with Crippen molar-refractivity contribution in [1.29, 1.82) is 0 Å². The highest BCUT2D eigenvalue weighted by Gasteiger charge is 2.28. The third-order valence-corrected chi connectivity index (χ3v) is 3.57. The van der Waals surface area contributed by atoms with Gasteiger partial charge in [0.05, 0.1) is 11.0 Å². The van der Waals surface area contributed by atoms with Crippen molar-refractivity contribution in [1.82, 2.24) is 9.88 Å². The SMILES string of the molecule is CC[C@H](N)C(=O)N1CCC(Nc2ccc([N+](=O)[O-])cn2)C1.Cl.Cl. The van der Waals surface area contributed by atoms with Gasteiger partial charge in [-0.1, -0.05) is 6.92 Å². The second kappa shape index (κ2) is 9.49. The van der Waals surface area contributed by atoms with Gasteiger partial charge in [0.15, 0.2) is 0 Å². The van der Waals surface area contributed by atoms with E-state index in [-0.39, 0.29) is 42.5 Å². The average molecular weight is 366 g/mol. The van der Waals surface area contributed by atoms with Crippen LogP contribution in [0.25, 0.3) is 0 Å². The van der Waals surface area contributed by atoms with E-state index in [1.165, 1.54) is 12.3 Å². The summed E-state index contributed by atoms with van der Waals surface area (Å²) in [6, 6.07) is 2.62. The zero-order chi connectivity index (χ0) is 15.4. The number of halogens is 2. The molecule has 1 aliphatic heterocycles. The van der Waals surface area contributed by atoms with Gasteiger partial charge in [0.25, 0.3) is 5.69 Å². The zero-order valence-electron chi connectivity index (χ0n) is 12.7. The first-order chi connectivity index (χ1) is 10.0. The molecule has 2 rings (SSSR count). The molecule has 1 fully saturated rings. The Bertz CT molecular complexity index is 529. The van der Waals surface area contributed by atoms with Crippen LogP contribution in [-0.4, -0.2) is 45.9 Å². The molecule has 2 atom stereocenters. The summed E-state index contributed by atoms with van der Waals surface area (Å²) in [5, 5.41) is 13.7. The number of rotatable bonds is 5. The Morgan fingerprint density at radius 2 is 2.26 bits per heavy atom. The number of hydrogen-bond acceptors (Lipinski definition) is 6. The minimum absolute atomic E-state index is 0. The Kier molecular flexibility index (Phi) is 8.81. The number of nitrogens with two attached hydrogens (primary N) is 1.